The Kier molecular flexibility index (Phi) is 4.00. The van der Waals surface area contributed by atoms with Gasteiger partial charge in [0.15, 0.2) is 11.6 Å². The highest BCUT2D eigenvalue weighted by atomic mass is 16.3. The molecule has 0 aliphatic heterocycles. The summed E-state index contributed by atoms with van der Waals surface area (Å²) in [5.41, 5.74) is 0.231. The van der Waals surface area contributed by atoms with Crippen molar-refractivity contribution in [1.82, 2.24) is 0 Å². The molecule has 0 aromatic rings. The van der Waals surface area contributed by atoms with Crippen LogP contribution in [0.15, 0.2) is 35.5 Å². The Balaban J connectivity index is 1.84. The number of aliphatic hydroxyl groups excluding tert-OH is 1. The predicted molar refractivity (Wildman–Crippen MR) is 103 cm³/mol. The Morgan fingerprint density at radius 3 is 2.67 bits per heavy atom. The van der Waals surface area contributed by atoms with Gasteiger partial charge in [-0.25, -0.2) is 0 Å². The molecule has 4 heteroatoms. The highest BCUT2D eigenvalue weighted by Gasteiger charge is 2.67. The van der Waals surface area contributed by atoms with Crippen LogP contribution in [0.3, 0.4) is 0 Å². The van der Waals surface area contributed by atoms with E-state index in [1.54, 1.807) is 12.2 Å². The lowest BCUT2D eigenvalue weighted by molar-refractivity contribution is -0.161. The Hall–Kier alpha value is -1.52. The summed E-state index contributed by atoms with van der Waals surface area (Å²) in [6.07, 6.45) is 10.00. The number of hydrogen-bond acceptors (Lipinski definition) is 4. The van der Waals surface area contributed by atoms with Crippen LogP contribution in [0.25, 0.3) is 0 Å². The van der Waals surface area contributed by atoms with E-state index in [0.717, 1.165) is 12.8 Å². The minimum atomic E-state index is -1.48. The van der Waals surface area contributed by atoms with Gasteiger partial charge in [-0.15, -0.1) is 0 Å². The summed E-state index contributed by atoms with van der Waals surface area (Å²) in [5, 5.41) is 21.0. The van der Waals surface area contributed by atoms with Crippen LogP contribution in [-0.4, -0.2) is 34.0 Å². The molecule has 4 nitrogen and oxygen atoms in total. The normalized spacial score (nSPS) is 48.3. The van der Waals surface area contributed by atoms with Gasteiger partial charge in [0.25, 0.3) is 0 Å². The van der Waals surface area contributed by atoms with E-state index >= 15 is 0 Å². The lowest BCUT2D eigenvalue weighted by atomic mass is 9.49. The fourth-order valence-electron chi connectivity index (χ4n) is 6.91. The number of carbonyl (C=O) groups is 2. The highest BCUT2D eigenvalue weighted by molar-refractivity contribution is 6.01. The Labute approximate surface area is 161 Å². The van der Waals surface area contributed by atoms with E-state index in [1.165, 1.54) is 11.1 Å². The molecule has 4 aliphatic carbocycles. The van der Waals surface area contributed by atoms with Gasteiger partial charge in [-0.3, -0.25) is 9.59 Å². The second-order valence-electron chi connectivity index (χ2n) is 9.69. The average molecular weight is 370 g/mol. The van der Waals surface area contributed by atoms with Crippen molar-refractivity contribution >= 4 is 11.6 Å². The standard InChI is InChI=1S/C23H30O4/c1-13-9-15-11-16(25)5-7-21(15,3)17-6-8-22(4)18(20(13)17)10-14(2)23(22,27)19(26)12-24/h5-7,11,13-14,18,20,24,27H,8-10,12H2,1-4H3/t13?,14-,18?,20?,21-,22-,23-/m0/s1. The van der Waals surface area contributed by atoms with Crippen LogP contribution < -0.4 is 0 Å². The third kappa shape index (κ3) is 2.17. The van der Waals surface area contributed by atoms with Crippen LogP contribution >= 0.6 is 0 Å². The molecule has 0 aromatic heterocycles. The van der Waals surface area contributed by atoms with Gasteiger partial charge >= 0.3 is 0 Å². The predicted octanol–water partition coefficient (Wildman–Crippen LogP) is 3.00. The number of carbonyl (C=O) groups excluding carboxylic acids is 2. The summed E-state index contributed by atoms with van der Waals surface area (Å²) < 4.78 is 0. The molecule has 0 aromatic carbocycles. The van der Waals surface area contributed by atoms with Gasteiger partial charge in [0, 0.05) is 10.8 Å². The molecule has 4 rings (SSSR count). The minimum absolute atomic E-state index is 0.0618. The Morgan fingerprint density at radius 2 is 2.00 bits per heavy atom. The molecule has 27 heavy (non-hydrogen) atoms. The summed E-state index contributed by atoms with van der Waals surface area (Å²) >= 11 is 0. The SMILES string of the molecule is CC1CC2=CC(=O)C=C[C@]2(C)C2=CC[C@@]3(C)C(C[C@H](C)[C@]3(O)C(=O)CO)C21. The van der Waals surface area contributed by atoms with Gasteiger partial charge in [0.1, 0.15) is 12.2 Å². The van der Waals surface area contributed by atoms with Crippen LogP contribution in [-0.2, 0) is 9.59 Å². The van der Waals surface area contributed by atoms with Crippen molar-refractivity contribution in [2.45, 2.75) is 52.6 Å². The molecule has 0 saturated heterocycles. The Bertz CT molecular complexity index is 805. The number of ketones is 2. The van der Waals surface area contributed by atoms with E-state index in [4.69, 9.17) is 0 Å². The first-order valence-corrected chi connectivity index (χ1v) is 10.1. The first-order chi connectivity index (χ1) is 12.6. The fraction of sp³-hybridized carbons (Fsp3) is 0.652. The zero-order valence-corrected chi connectivity index (χ0v) is 16.7. The Morgan fingerprint density at radius 1 is 1.30 bits per heavy atom. The first-order valence-electron chi connectivity index (χ1n) is 10.1. The van der Waals surface area contributed by atoms with Crippen LogP contribution in [0.4, 0.5) is 0 Å². The summed E-state index contributed by atoms with van der Waals surface area (Å²) in [7, 11) is 0. The van der Waals surface area contributed by atoms with E-state index in [2.05, 4.69) is 19.9 Å². The lowest BCUT2D eigenvalue weighted by Gasteiger charge is -2.55. The summed E-state index contributed by atoms with van der Waals surface area (Å²) in [6.45, 7) is 7.77. The van der Waals surface area contributed by atoms with E-state index in [0.29, 0.717) is 12.3 Å². The van der Waals surface area contributed by atoms with E-state index in [-0.39, 0.29) is 29.0 Å². The van der Waals surface area contributed by atoms with Crippen molar-refractivity contribution in [2.75, 3.05) is 6.61 Å². The zero-order valence-electron chi connectivity index (χ0n) is 16.7. The monoisotopic (exact) mass is 370 g/mol. The molecule has 0 heterocycles. The van der Waals surface area contributed by atoms with Gasteiger partial charge in [-0.1, -0.05) is 44.1 Å². The van der Waals surface area contributed by atoms with Crippen molar-refractivity contribution in [2.24, 2.45) is 34.5 Å². The molecule has 7 atom stereocenters. The van der Waals surface area contributed by atoms with Crippen molar-refractivity contribution in [3.8, 4) is 0 Å². The molecule has 4 aliphatic rings. The second-order valence-corrected chi connectivity index (χ2v) is 9.69. The lowest BCUT2D eigenvalue weighted by Crippen LogP contribution is -2.58. The maximum atomic E-state index is 12.6. The van der Waals surface area contributed by atoms with Crippen molar-refractivity contribution in [3.63, 3.8) is 0 Å². The zero-order chi connectivity index (χ0) is 19.8. The molecule has 0 radical (unpaired) electrons. The van der Waals surface area contributed by atoms with Gasteiger partial charge in [0.05, 0.1) is 0 Å². The van der Waals surface area contributed by atoms with Crippen LogP contribution in [0, 0.1) is 34.5 Å². The first kappa shape index (κ1) is 18.8. The number of aliphatic hydroxyl groups is 2. The van der Waals surface area contributed by atoms with E-state index in [9.17, 15) is 19.8 Å². The summed E-state index contributed by atoms with van der Waals surface area (Å²) in [4.78, 5) is 24.5. The smallest absolute Gasteiger partial charge is 0.190 e. The van der Waals surface area contributed by atoms with Crippen molar-refractivity contribution < 1.29 is 19.8 Å². The highest BCUT2D eigenvalue weighted by Crippen LogP contribution is 2.67. The van der Waals surface area contributed by atoms with Crippen LogP contribution in [0.1, 0.15) is 47.0 Å². The molecule has 146 valence electrons. The van der Waals surface area contributed by atoms with Crippen LogP contribution in [0.2, 0.25) is 0 Å². The number of allylic oxidation sites excluding steroid dienone is 6. The molecular formula is C23H30O4. The van der Waals surface area contributed by atoms with Gasteiger partial charge in [-0.2, -0.15) is 0 Å². The molecule has 2 N–H and O–H groups in total. The molecule has 0 bridgehead atoms. The van der Waals surface area contributed by atoms with Gasteiger partial charge in [0.2, 0.25) is 0 Å². The fourth-order valence-corrected chi connectivity index (χ4v) is 6.91. The van der Waals surface area contributed by atoms with Gasteiger partial charge < -0.3 is 10.2 Å². The summed E-state index contributed by atoms with van der Waals surface area (Å²) in [5.74, 6) is 0.236. The van der Waals surface area contributed by atoms with Crippen molar-refractivity contribution in [1.29, 1.82) is 0 Å². The summed E-state index contributed by atoms with van der Waals surface area (Å²) in [6, 6.07) is 0. The molecule has 0 amide bonds. The van der Waals surface area contributed by atoms with Gasteiger partial charge in [-0.05, 0) is 62.0 Å². The van der Waals surface area contributed by atoms with Crippen molar-refractivity contribution in [3.05, 3.63) is 35.5 Å². The molecule has 2 fully saturated rings. The maximum absolute atomic E-state index is 12.6. The topological polar surface area (TPSA) is 74.6 Å². The third-order valence-corrected chi connectivity index (χ3v) is 8.44. The maximum Gasteiger partial charge on any atom is 0.190 e. The third-order valence-electron chi connectivity index (χ3n) is 8.44. The molecule has 3 unspecified atom stereocenters. The molecule has 0 spiro atoms. The van der Waals surface area contributed by atoms with E-state index < -0.39 is 23.4 Å². The number of rotatable bonds is 2. The molecular weight excluding hydrogens is 340 g/mol. The quantitative estimate of drug-likeness (QED) is 0.733. The van der Waals surface area contributed by atoms with Crippen LogP contribution in [0.5, 0.6) is 0 Å². The van der Waals surface area contributed by atoms with E-state index in [1.807, 2.05) is 19.9 Å². The second kappa shape index (κ2) is 5.74. The number of fused-ring (bicyclic) bond motifs is 5. The minimum Gasteiger partial charge on any atom is -0.388 e. The average Bonchev–Trinajstić information content (AvgIpc) is 2.84. The number of hydrogen-bond donors (Lipinski definition) is 2. The largest absolute Gasteiger partial charge is 0.388 e. The number of Topliss-reactive ketones (excluding diaryl/α,β-unsaturated/α-hetero) is 1. The molecule has 2 saturated carbocycles.